The first-order valence-corrected chi connectivity index (χ1v) is 9.07. The van der Waals surface area contributed by atoms with Crippen molar-refractivity contribution in [2.45, 2.75) is 39.7 Å². The van der Waals surface area contributed by atoms with Crippen LogP contribution >= 0.6 is 23.1 Å². The lowest BCUT2D eigenvalue weighted by molar-refractivity contribution is 0.609. The van der Waals surface area contributed by atoms with Crippen LogP contribution in [0.15, 0.2) is 6.20 Å². The number of unbranched alkanes of at least 4 members (excludes halogenated alkanes) is 2. The number of fused-ring (bicyclic) bond motifs is 1. The lowest BCUT2D eigenvalue weighted by atomic mass is 10.2. The van der Waals surface area contributed by atoms with Gasteiger partial charge in [-0.2, -0.15) is 11.8 Å². The van der Waals surface area contributed by atoms with E-state index in [0.717, 1.165) is 23.7 Å². The van der Waals surface area contributed by atoms with Crippen molar-refractivity contribution < 1.29 is 0 Å². The van der Waals surface area contributed by atoms with E-state index < -0.39 is 0 Å². The maximum Gasteiger partial charge on any atom is 0.194 e. The molecule has 0 saturated heterocycles. The van der Waals surface area contributed by atoms with Gasteiger partial charge in [0, 0.05) is 17.6 Å². The summed E-state index contributed by atoms with van der Waals surface area (Å²) in [5, 5.41) is 3.54. The van der Waals surface area contributed by atoms with Crippen LogP contribution in [0, 0.1) is 13.8 Å². The molecule has 0 aliphatic carbocycles. The molecule has 0 atom stereocenters. The highest BCUT2D eigenvalue weighted by Crippen LogP contribution is 2.20. The van der Waals surface area contributed by atoms with E-state index in [4.69, 9.17) is 0 Å². The van der Waals surface area contributed by atoms with Gasteiger partial charge in [0.05, 0.1) is 11.4 Å². The van der Waals surface area contributed by atoms with Crippen LogP contribution in [-0.2, 0) is 6.54 Å². The Morgan fingerprint density at radius 1 is 1.32 bits per heavy atom. The molecule has 19 heavy (non-hydrogen) atoms. The second kappa shape index (κ2) is 7.31. The molecule has 5 heteroatoms. The Bertz CT molecular complexity index is 516. The zero-order valence-electron chi connectivity index (χ0n) is 12.0. The van der Waals surface area contributed by atoms with Crippen molar-refractivity contribution in [1.82, 2.24) is 14.7 Å². The Balaban J connectivity index is 1.79. The second-order valence-corrected chi connectivity index (χ2v) is 7.07. The van der Waals surface area contributed by atoms with E-state index in [-0.39, 0.29) is 0 Å². The molecule has 0 amide bonds. The maximum absolute atomic E-state index is 4.61. The first-order chi connectivity index (χ1) is 9.22. The number of nitrogens with zero attached hydrogens (tertiary/aromatic N) is 2. The standard InChI is InChI=1S/C14H23N3S2/c1-11-10-17-13(12(2)16-14(17)19-11)9-15-7-5-4-6-8-18-3/h10,15H,4-9H2,1-3H3. The average molecular weight is 297 g/mol. The third kappa shape index (κ3) is 3.97. The molecule has 0 saturated carbocycles. The van der Waals surface area contributed by atoms with Crippen LogP contribution in [0.5, 0.6) is 0 Å². The summed E-state index contributed by atoms with van der Waals surface area (Å²) in [5.41, 5.74) is 2.46. The van der Waals surface area contributed by atoms with E-state index in [0.29, 0.717) is 0 Å². The number of hydrogen-bond acceptors (Lipinski definition) is 4. The van der Waals surface area contributed by atoms with Gasteiger partial charge in [0.2, 0.25) is 0 Å². The van der Waals surface area contributed by atoms with Crippen LogP contribution in [0.1, 0.15) is 35.5 Å². The van der Waals surface area contributed by atoms with E-state index >= 15 is 0 Å². The summed E-state index contributed by atoms with van der Waals surface area (Å²) in [6.07, 6.45) is 8.29. The molecular weight excluding hydrogens is 274 g/mol. The molecule has 2 rings (SSSR count). The van der Waals surface area contributed by atoms with Gasteiger partial charge in [-0.1, -0.05) is 6.42 Å². The fraction of sp³-hybridized carbons (Fsp3) is 0.643. The van der Waals surface area contributed by atoms with Gasteiger partial charge >= 0.3 is 0 Å². The predicted molar refractivity (Wildman–Crippen MR) is 86.5 cm³/mol. The van der Waals surface area contributed by atoms with E-state index in [1.807, 2.05) is 11.8 Å². The summed E-state index contributed by atoms with van der Waals surface area (Å²) in [4.78, 5) is 7.05. The number of rotatable bonds is 8. The Morgan fingerprint density at radius 2 is 2.16 bits per heavy atom. The number of thioether (sulfide) groups is 1. The number of hydrogen-bond donors (Lipinski definition) is 1. The van der Waals surface area contributed by atoms with Crippen molar-refractivity contribution in [3.05, 3.63) is 22.5 Å². The Labute approximate surface area is 123 Å². The molecule has 106 valence electrons. The molecule has 0 spiro atoms. The van der Waals surface area contributed by atoms with E-state index in [2.05, 4.69) is 41.0 Å². The van der Waals surface area contributed by atoms with Crippen molar-refractivity contribution in [2.75, 3.05) is 18.6 Å². The first kappa shape index (κ1) is 14.9. The van der Waals surface area contributed by atoms with Gasteiger partial charge in [-0.15, -0.1) is 11.3 Å². The summed E-state index contributed by atoms with van der Waals surface area (Å²) in [7, 11) is 0. The molecule has 0 bridgehead atoms. The molecular formula is C14H23N3S2. The highest BCUT2D eigenvalue weighted by atomic mass is 32.2. The minimum Gasteiger partial charge on any atom is -0.311 e. The first-order valence-electron chi connectivity index (χ1n) is 6.86. The van der Waals surface area contributed by atoms with Crippen molar-refractivity contribution in [1.29, 1.82) is 0 Å². The van der Waals surface area contributed by atoms with Gasteiger partial charge in [-0.25, -0.2) is 4.98 Å². The van der Waals surface area contributed by atoms with Crippen LogP contribution in [0.2, 0.25) is 0 Å². The SMILES string of the molecule is CSCCCCCNCc1c(C)nc2sc(C)cn12. The van der Waals surface area contributed by atoms with E-state index in [1.165, 1.54) is 35.6 Å². The topological polar surface area (TPSA) is 29.3 Å². The lowest BCUT2D eigenvalue weighted by Gasteiger charge is -2.05. The van der Waals surface area contributed by atoms with Crippen molar-refractivity contribution in [2.24, 2.45) is 0 Å². The molecule has 2 aromatic rings. The van der Waals surface area contributed by atoms with Gasteiger partial charge in [-0.05, 0) is 45.2 Å². The molecule has 0 aliphatic heterocycles. The zero-order valence-corrected chi connectivity index (χ0v) is 13.7. The molecule has 0 fully saturated rings. The maximum atomic E-state index is 4.61. The molecule has 3 nitrogen and oxygen atoms in total. The molecule has 1 N–H and O–H groups in total. The minimum atomic E-state index is 0.922. The van der Waals surface area contributed by atoms with Crippen LogP contribution < -0.4 is 5.32 Å². The normalized spacial score (nSPS) is 11.5. The van der Waals surface area contributed by atoms with Gasteiger partial charge in [0.1, 0.15) is 0 Å². The minimum absolute atomic E-state index is 0.922. The van der Waals surface area contributed by atoms with Gasteiger partial charge < -0.3 is 5.32 Å². The third-order valence-electron chi connectivity index (χ3n) is 3.24. The molecule has 0 unspecified atom stereocenters. The quantitative estimate of drug-likeness (QED) is 0.754. The third-order valence-corrected chi connectivity index (χ3v) is 4.83. The Kier molecular flexibility index (Phi) is 5.73. The lowest BCUT2D eigenvalue weighted by Crippen LogP contribution is -2.16. The highest BCUT2D eigenvalue weighted by molar-refractivity contribution is 7.98. The Hall–Kier alpha value is -0.520. The Morgan fingerprint density at radius 3 is 2.95 bits per heavy atom. The van der Waals surface area contributed by atoms with Gasteiger partial charge in [0.15, 0.2) is 4.96 Å². The highest BCUT2D eigenvalue weighted by Gasteiger charge is 2.10. The predicted octanol–water partition coefficient (Wildman–Crippen LogP) is 3.64. The monoisotopic (exact) mass is 297 g/mol. The van der Waals surface area contributed by atoms with Gasteiger partial charge in [-0.3, -0.25) is 4.40 Å². The zero-order chi connectivity index (χ0) is 13.7. The summed E-state index contributed by atoms with van der Waals surface area (Å²) in [6.45, 7) is 6.26. The molecule has 2 aromatic heterocycles. The number of imidazole rings is 1. The average Bonchev–Trinajstić information content (AvgIpc) is 2.85. The molecule has 0 aliphatic rings. The van der Waals surface area contributed by atoms with Crippen LogP contribution in [-0.4, -0.2) is 27.9 Å². The van der Waals surface area contributed by atoms with Crippen molar-refractivity contribution in [3.8, 4) is 0 Å². The van der Waals surface area contributed by atoms with Crippen LogP contribution in [0.3, 0.4) is 0 Å². The fourth-order valence-electron chi connectivity index (χ4n) is 2.20. The number of aromatic nitrogens is 2. The largest absolute Gasteiger partial charge is 0.311 e. The smallest absolute Gasteiger partial charge is 0.194 e. The number of aryl methyl sites for hydroxylation is 2. The molecule has 2 heterocycles. The van der Waals surface area contributed by atoms with Crippen LogP contribution in [0.25, 0.3) is 4.96 Å². The second-order valence-electron chi connectivity index (χ2n) is 4.87. The summed E-state index contributed by atoms with van der Waals surface area (Å²) in [6, 6.07) is 0. The molecule has 0 aromatic carbocycles. The van der Waals surface area contributed by atoms with E-state index in [1.54, 1.807) is 11.3 Å². The van der Waals surface area contributed by atoms with E-state index in [9.17, 15) is 0 Å². The molecule has 0 radical (unpaired) electrons. The number of nitrogens with one attached hydrogen (secondary N) is 1. The summed E-state index contributed by atoms with van der Waals surface area (Å²) >= 11 is 3.70. The van der Waals surface area contributed by atoms with Gasteiger partial charge in [0.25, 0.3) is 0 Å². The van der Waals surface area contributed by atoms with Crippen LogP contribution in [0.4, 0.5) is 0 Å². The number of thiazole rings is 1. The van der Waals surface area contributed by atoms with Crippen molar-refractivity contribution in [3.63, 3.8) is 0 Å². The summed E-state index contributed by atoms with van der Waals surface area (Å²) < 4.78 is 2.23. The fourth-order valence-corrected chi connectivity index (χ4v) is 3.58. The van der Waals surface area contributed by atoms with Crippen molar-refractivity contribution >= 4 is 28.1 Å². The summed E-state index contributed by atoms with van der Waals surface area (Å²) in [5.74, 6) is 1.29.